The third kappa shape index (κ3) is 4.07. The quantitative estimate of drug-likeness (QED) is 0.782. The summed E-state index contributed by atoms with van der Waals surface area (Å²) in [7, 11) is 0. The lowest BCUT2D eigenvalue weighted by atomic mass is 10.1. The van der Waals surface area contributed by atoms with Crippen molar-refractivity contribution in [2.24, 2.45) is 0 Å². The zero-order chi connectivity index (χ0) is 16.1. The van der Waals surface area contributed by atoms with E-state index in [1.807, 2.05) is 38.1 Å². The smallest absolute Gasteiger partial charge is 0.162 e. The maximum Gasteiger partial charge on any atom is 0.162 e. The molecule has 2 rings (SSSR count). The highest BCUT2D eigenvalue weighted by Gasteiger charge is 2.12. The Balaban J connectivity index is 2.08. The standard InChI is InChI=1S/C17H19Cl2NO2/c1-3-22-16-6-4-5-12(17(16)21)10-20-11(2)14-8-7-13(18)9-15(14)19/h4-9,11,20-21H,3,10H2,1-2H3/t11-/m1/s1. The maximum atomic E-state index is 10.2. The van der Waals surface area contributed by atoms with Gasteiger partial charge in [-0.25, -0.2) is 0 Å². The van der Waals surface area contributed by atoms with Gasteiger partial charge in [0, 0.05) is 28.2 Å². The number of para-hydroxylation sites is 1. The number of hydrogen-bond donors (Lipinski definition) is 2. The van der Waals surface area contributed by atoms with Gasteiger partial charge in [-0.05, 0) is 37.6 Å². The van der Waals surface area contributed by atoms with Gasteiger partial charge in [0.25, 0.3) is 0 Å². The summed E-state index contributed by atoms with van der Waals surface area (Å²) in [5, 5.41) is 14.8. The fourth-order valence-electron chi connectivity index (χ4n) is 2.21. The number of ether oxygens (including phenoxy) is 1. The molecule has 2 aromatic rings. The average molecular weight is 340 g/mol. The van der Waals surface area contributed by atoms with Crippen molar-refractivity contribution in [3.63, 3.8) is 0 Å². The molecule has 1 atom stereocenters. The van der Waals surface area contributed by atoms with Gasteiger partial charge < -0.3 is 15.2 Å². The summed E-state index contributed by atoms with van der Waals surface area (Å²) < 4.78 is 5.39. The van der Waals surface area contributed by atoms with Crippen molar-refractivity contribution in [2.45, 2.75) is 26.4 Å². The molecule has 0 unspecified atom stereocenters. The van der Waals surface area contributed by atoms with Crippen LogP contribution in [0.2, 0.25) is 10.0 Å². The number of phenolic OH excluding ortho intramolecular Hbond substituents is 1. The van der Waals surface area contributed by atoms with E-state index < -0.39 is 0 Å². The van der Waals surface area contributed by atoms with Crippen molar-refractivity contribution >= 4 is 23.2 Å². The van der Waals surface area contributed by atoms with Crippen LogP contribution in [-0.2, 0) is 6.54 Å². The Bertz CT molecular complexity index is 647. The Labute approximate surface area is 140 Å². The van der Waals surface area contributed by atoms with Crippen molar-refractivity contribution in [3.8, 4) is 11.5 Å². The maximum absolute atomic E-state index is 10.2. The summed E-state index contributed by atoms with van der Waals surface area (Å²) in [4.78, 5) is 0. The number of nitrogens with one attached hydrogen (secondary N) is 1. The molecule has 0 fully saturated rings. The van der Waals surface area contributed by atoms with Crippen LogP contribution in [0.1, 0.15) is 31.0 Å². The monoisotopic (exact) mass is 339 g/mol. The SMILES string of the molecule is CCOc1cccc(CN[C@H](C)c2ccc(Cl)cc2Cl)c1O. The van der Waals surface area contributed by atoms with E-state index >= 15 is 0 Å². The number of hydrogen-bond acceptors (Lipinski definition) is 3. The first-order valence-electron chi connectivity index (χ1n) is 7.15. The summed E-state index contributed by atoms with van der Waals surface area (Å²) in [6, 6.07) is 10.9. The number of rotatable bonds is 6. The van der Waals surface area contributed by atoms with Crippen LogP contribution >= 0.6 is 23.2 Å². The van der Waals surface area contributed by atoms with Crippen LogP contribution in [0.3, 0.4) is 0 Å². The van der Waals surface area contributed by atoms with Gasteiger partial charge in [0.15, 0.2) is 11.5 Å². The van der Waals surface area contributed by atoms with E-state index in [-0.39, 0.29) is 11.8 Å². The Morgan fingerprint density at radius 3 is 2.68 bits per heavy atom. The molecule has 0 aliphatic rings. The highest BCUT2D eigenvalue weighted by molar-refractivity contribution is 6.35. The van der Waals surface area contributed by atoms with Gasteiger partial charge in [-0.2, -0.15) is 0 Å². The average Bonchev–Trinajstić information content (AvgIpc) is 2.48. The third-order valence-corrected chi connectivity index (χ3v) is 3.97. The lowest BCUT2D eigenvalue weighted by Gasteiger charge is -2.17. The molecule has 0 saturated carbocycles. The molecule has 0 aliphatic heterocycles. The molecule has 0 aliphatic carbocycles. The molecular weight excluding hydrogens is 321 g/mol. The summed E-state index contributed by atoms with van der Waals surface area (Å²) in [6.45, 7) is 4.92. The fraction of sp³-hybridized carbons (Fsp3) is 0.294. The largest absolute Gasteiger partial charge is 0.504 e. The van der Waals surface area contributed by atoms with Gasteiger partial charge in [-0.3, -0.25) is 0 Å². The van der Waals surface area contributed by atoms with E-state index in [4.69, 9.17) is 27.9 Å². The Morgan fingerprint density at radius 1 is 1.23 bits per heavy atom. The minimum Gasteiger partial charge on any atom is -0.504 e. The first-order valence-corrected chi connectivity index (χ1v) is 7.90. The van der Waals surface area contributed by atoms with Crippen LogP contribution in [-0.4, -0.2) is 11.7 Å². The van der Waals surface area contributed by atoms with Gasteiger partial charge in [0.2, 0.25) is 0 Å². The Kier molecular flexibility index (Phi) is 5.95. The lowest BCUT2D eigenvalue weighted by molar-refractivity contribution is 0.316. The molecule has 0 aromatic heterocycles. The zero-order valence-electron chi connectivity index (χ0n) is 12.6. The minimum absolute atomic E-state index is 0.0277. The molecule has 0 saturated heterocycles. The summed E-state index contributed by atoms with van der Waals surface area (Å²) in [6.07, 6.45) is 0. The fourth-order valence-corrected chi connectivity index (χ4v) is 2.78. The van der Waals surface area contributed by atoms with E-state index in [2.05, 4.69) is 5.32 Å². The normalized spacial score (nSPS) is 12.2. The first kappa shape index (κ1) is 16.9. The van der Waals surface area contributed by atoms with Crippen LogP contribution in [0.15, 0.2) is 36.4 Å². The van der Waals surface area contributed by atoms with Gasteiger partial charge in [0.1, 0.15) is 0 Å². The molecule has 22 heavy (non-hydrogen) atoms. The van der Waals surface area contributed by atoms with Crippen LogP contribution in [0.4, 0.5) is 0 Å². The molecule has 0 heterocycles. The van der Waals surface area contributed by atoms with Crippen LogP contribution < -0.4 is 10.1 Å². The molecule has 5 heteroatoms. The summed E-state index contributed by atoms with van der Waals surface area (Å²) in [5.74, 6) is 0.672. The second kappa shape index (κ2) is 7.73. The van der Waals surface area contributed by atoms with Gasteiger partial charge in [0.05, 0.1) is 6.61 Å². The van der Waals surface area contributed by atoms with Gasteiger partial charge >= 0.3 is 0 Å². The van der Waals surface area contributed by atoms with Crippen LogP contribution in [0.25, 0.3) is 0 Å². The molecule has 0 radical (unpaired) electrons. The molecular formula is C17H19Cl2NO2. The topological polar surface area (TPSA) is 41.5 Å². The molecule has 0 bridgehead atoms. The van der Waals surface area contributed by atoms with E-state index in [0.29, 0.717) is 28.9 Å². The zero-order valence-corrected chi connectivity index (χ0v) is 14.1. The second-order valence-corrected chi connectivity index (χ2v) is 5.81. The molecule has 3 nitrogen and oxygen atoms in total. The summed E-state index contributed by atoms with van der Waals surface area (Å²) in [5.41, 5.74) is 1.74. The summed E-state index contributed by atoms with van der Waals surface area (Å²) >= 11 is 12.1. The van der Waals surface area contributed by atoms with Gasteiger partial charge in [-0.15, -0.1) is 0 Å². The van der Waals surface area contributed by atoms with Crippen molar-refractivity contribution in [1.29, 1.82) is 0 Å². The van der Waals surface area contributed by atoms with E-state index in [9.17, 15) is 5.11 Å². The number of phenols is 1. The third-order valence-electron chi connectivity index (χ3n) is 3.41. The van der Waals surface area contributed by atoms with Gasteiger partial charge in [-0.1, -0.05) is 41.4 Å². The highest BCUT2D eigenvalue weighted by atomic mass is 35.5. The minimum atomic E-state index is 0.0277. The molecule has 2 aromatic carbocycles. The molecule has 118 valence electrons. The van der Waals surface area contributed by atoms with Crippen LogP contribution in [0.5, 0.6) is 11.5 Å². The van der Waals surface area contributed by atoms with E-state index in [1.165, 1.54) is 0 Å². The van der Waals surface area contributed by atoms with E-state index in [1.54, 1.807) is 12.1 Å². The number of halogens is 2. The van der Waals surface area contributed by atoms with Crippen molar-refractivity contribution in [1.82, 2.24) is 5.32 Å². The second-order valence-electron chi connectivity index (χ2n) is 4.97. The van der Waals surface area contributed by atoms with Crippen LogP contribution in [0, 0.1) is 0 Å². The predicted molar refractivity (Wildman–Crippen MR) is 91.0 cm³/mol. The first-order chi connectivity index (χ1) is 10.5. The Hall–Kier alpha value is -1.42. The molecule has 2 N–H and O–H groups in total. The van der Waals surface area contributed by atoms with Crippen molar-refractivity contribution in [3.05, 3.63) is 57.6 Å². The predicted octanol–water partition coefficient (Wildman–Crippen LogP) is 4.95. The highest BCUT2D eigenvalue weighted by Crippen LogP contribution is 2.31. The van der Waals surface area contributed by atoms with E-state index in [0.717, 1.165) is 11.1 Å². The lowest BCUT2D eigenvalue weighted by Crippen LogP contribution is -2.18. The molecule has 0 amide bonds. The number of aromatic hydroxyl groups is 1. The Morgan fingerprint density at radius 2 is 2.00 bits per heavy atom. The van der Waals surface area contributed by atoms with Crippen molar-refractivity contribution in [2.75, 3.05) is 6.61 Å². The number of benzene rings is 2. The van der Waals surface area contributed by atoms with Crippen molar-refractivity contribution < 1.29 is 9.84 Å². The molecule has 0 spiro atoms.